The summed E-state index contributed by atoms with van der Waals surface area (Å²) in [5.74, 6) is 0.629. The predicted octanol–water partition coefficient (Wildman–Crippen LogP) is 2.47. The Labute approximate surface area is 125 Å². The highest BCUT2D eigenvalue weighted by atomic mass is 32.2. The average molecular weight is 314 g/mol. The maximum atomic E-state index is 12.3. The number of hydrogen-bond donors (Lipinski definition) is 2. The summed E-state index contributed by atoms with van der Waals surface area (Å²) in [5, 5.41) is 5.35. The van der Waals surface area contributed by atoms with E-state index in [1.54, 1.807) is 6.07 Å². The van der Waals surface area contributed by atoms with Gasteiger partial charge in [-0.15, -0.1) is 11.3 Å². The van der Waals surface area contributed by atoms with E-state index >= 15 is 0 Å². The lowest BCUT2D eigenvalue weighted by Crippen LogP contribution is -2.32. The van der Waals surface area contributed by atoms with Crippen molar-refractivity contribution in [2.45, 2.75) is 61.9 Å². The molecule has 0 amide bonds. The molecule has 1 heterocycles. The number of sulfonamides is 1. The van der Waals surface area contributed by atoms with Crippen LogP contribution < -0.4 is 10.0 Å². The molecule has 0 aliphatic heterocycles. The fourth-order valence-corrected chi connectivity index (χ4v) is 5.24. The minimum absolute atomic E-state index is 0.116. The van der Waals surface area contributed by atoms with Gasteiger partial charge in [0.1, 0.15) is 4.21 Å². The van der Waals surface area contributed by atoms with E-state index in [0.29, 0.717) is 16.2 Å². The topological polar surface area (TPSA) is 58.2 Å². The summed E-state index contributed by atoms with van der Waals surface area (Å²) in [6.07, 6.45) is 5.53. The van der Waals surface area contributed by atoms with E-state index < -0.39 is 10.0 Å². The lowest BCUT2D eigenvalue weighted by atomic mass is 10.1. The first-order valence-corrected chi connectivity index (χ1v) is 9.72. The number of nitrogens with one attached hydrogen (secondary N) is 2. The van der Waals surface area contributed by atoms with E-state index in [0.717, 1.165) is 31.4 Å². The van der Waals surface area contributed by atoms with Gasteiger partial charge in [0.15, 0.2) is 0 Å². The van der Waals surface area contributed by atoms with Crippen LogP contribution in [0, 0.1) is 5.92 Å². The summed E-state index contributed by atoms with van der Waals surface area (Å²) < 4.78 is 28.0. The van der Waals surface area contributed by atoms with Gasteiger partial charge in [0.2, 0.25) is 10.0 Å². The molecule has 0 bridgehead atoms. The standard InChI is InChI=1S/C14H22N2O2S2/c1-10-2-3-13(6-10)16-20(17,18)14-7-11(9-19-14)8-15-12-4-5-12/h7,9-10,12-13,15-16H,2-6,8H2,1H3. The highest BCUT2D eigenvalue weighted by molar-refractivity contribution is 7.91. The summed E-state index contributed by atoms with van der Waals surface area (Å²) in [6.45, 7) is 2.96. The second-order valence-corrected chi connectivity index (χ2v) is 9.02. The Hall–Kier alpha value is -0.430. The highest BCUT2D eigenvalue weighted by Gasteiger charge is 2.27. The molecule has 4 nitrogen and oxygen atoms in total. The minimum Gasteiger partial charge on any atom is -0.310 e. The number of hydrogen-bond acceptors (Lipinski definition) is 4. The molecule has 0 saturated heterocycles. The van der Waals surface area contributed by atoms with E-state index in [4.69, 9.17) is 0 Å². The molecule has 3 rings (SSSR count). The Kier molecular flexibility index (Phi) is 4.17. The van der Waals surface area contributed by atoms with Gasteiger partial charge in [0, 0.05) is 18.6 Å². The Bertz CT molecular complexity index is 563. The van der Waals surface area contributed by atoms with Crippen LogP contribution in [0.4, 0.5) is 0 Å². The third-order valence-corrected chi connectivity index (χ3v) is 7.09. The Morgan fingerprint density at radius 3 is 2.65 bits per heavy atom. The van der Waals surface area contributed by atoms with Gasteiger partial charge in [-0.2, -0.15) is 0 Å². The van der Waals surface area contributed by atoms with Crippen LogP contribution in [0.3, 0.4) is 0 Å². The monoisotopic (exact) mass is 314 g/mol. The molecule has 20 heavy (non-hydrogen) atoms. The molecule has 1 aromatic heterocycles. The molecule has 2 fully saturated rings. The summed E-state index contributed by atoms with van der Waals surface area (Å²) in [6, 6.07) is 2.57. The van der Waals surface area contributed by atoms with Gasteiger partial charge in [0.25, 0.3) is 0 Å². The van der Waals surface area contributed by atoms with Gasteiger partial charge >= 0.3 is 0 Å². The van der Waals surface area contributed by atoms with Gasteiger partial charge < -0.3 is 5.32 Å². The maximum absolute atomic E-state index is 12.3. The van der Waals surface area contributed by atoms with E-state index in [1.165, 1.54) is 24.2 Å². The molecule has 6 heteroatoms. The van der Waals surface area contributed by atoms with Gasteiger partial charge in [-0.1, -0.05) is 6.92 Å². The van der Waals surface area contributed by atoms with Crippen LogP contribution in [0.25, 0.3) is 0 Å². The Morgan fingerprint density at radius 1 is 1.25 bits per heavy atom. The second kappa shape index (κ2) is 5.75. The third-order valence-electron chi connectivity index (χ3n) is 4.08. The van der Waals surface area contributed by atoms with Crippen LogP contribution in [0.1, 0.15) is 44.6 Å². The molecule has 2 atom stereocenters. The lowest BCUT2D eigenvalue weighted by Gasteiger charge is -2.11. The largest absolute Gasteiger partial charge is 0.310 e. The van der Waals surface area contributed by atoms with Gasteiger partial charge in [-0.3, -0.25) is 0 Å². The van der Waals surface area contributed by atoms with Crippen LogP contribution in [-0.4, -0.2) is 20.5 Å². The van der Waals surface area contributed by atoms with E-state index in [-0.39, 0.29) is 6.04 Å². The third kappa shape index (κ3) is 3.61. The highest BCUT2D eigenvalue weighted by Crippen LogP contribution is 2.28. The van der Waals surface area contributed by atoms with E-state index in [9.17, 15) is 8.42 Å². The summed E-state index contributed by atoms with van der Waals surface area (Å²) in [7, 11) is -3.33. The van der Waals surface area contributed by atoms with Crippen LogP contribution in [0.2, 0.25) is 0 Å². The van der Waals surface area contributed by atoms with E-state index in [2.05, 4.69) is 17.0 Å². The molecule has 2 aliphatic carbocycles. The second-order valence-electron chi connectivity index (χ2n) is 6.17. The zero-order chi connectivity index (χ0) is 14.2. The van der Waals surface area contributed by atoms with Crippen molar-refractivity contribution in [3.63, 3.8) is 0 Å². The fraction of sp³-hybridized carbons (Fsp3) is 0.714. The molecule has 2 N–H and O–H groups in total. The van der Waals surface area contributed by atoms with Gasteiger partial charge in [0.05, 0.1) is 0 Å². The molecule has 112 valence electrons. The molecule has 0 radical (unpaired) electrons. The molecule has 0 aromatic carbocycles. The van der Waals surface area contributed by atoms with Crippen LogP contribution in [0.5, 0.6) is 0 Å². The van der Waals surface area contributed by atoms with E-state index in [1.807, 2.05) is 5.38 Å². The molecule has 2 aliphatic rings. The molecular weight excluding hydrogens is 292 g/mol. The number of rotatable bonds is 6. The van der Waals surface area contributed by atoms with Crippen LogP contribution in [-0.2, 0) is 16.6 Å². The van der Waals surface area contributed by atoms with Crippen molar-refractivity contribution in [1.29, 1.82) is 0 Å². The van der Waals surface area contributed by atoms with Crippen LogP contribution in [0.15, 0.2) is 15.7 Å². The zero-order valence-corrected chi connectivity index (χ0v) is 13.4. The van der Waals surface area contributed by atoms with Crippen molar-refractivity contribution in [3.05, 3.63) is 17.0 Å². The SMILES string of the molecule is CC1CCC(NS(=O)(=O)c2cc(CNC3CC3)cs2)C1. The quantitative estimate of drug-likeness (QED) is 0.848. The molecule has 2 saturated carbocycles. The molecule has 1 aromatic rings. The molecule has 0 spiro atoms. The normalized spacial score (nSPS) is 27.1. The fourth-order valence-electron chi connectivity index (χ4n) is 2.73. The Morgan fingerprint density at radius 2 is 2.00 bits per heavy atom. The van der Waals surface area contributed by atoms with Crippen LogP contribution >= 0.6 is 11.3 Å². The summed E-state index contributed by atoms with van der Waals surface area (Å²) in [4.78, 5) is 0. The van der Waals surface area contributed by atoms with Crippen molar-refractivity contribution in [2.24, 2.45) is 5.92 Å². The minimum atomic E-state index is -3.33. The first kappa shape index (κ1) is 14.5. The molecular formula is C14H22N2O2S2. The summed E-state index contributed by atoms with van der Waals surface area (Å²) >= 11 is 1.32. The van der Waals surface area contributed by atoms with Crippen molar-refractivity contribution in [3.8, 4) is 0 Å². The summed E-state index contributed by atoms with van der Waals surface area (Å²) in [5.41, 5.74) is 1.07. The predicted molar refractivity (Wildman–Crippen MR) is 81.3 cm³/mol. The van der Waals surface area contributed by atoms with Crippen molar-refractivity contribution < 1.29 is 8.42 Å². The average Bonchev–Trinajstić information content (AvgIpc) is 2.93. The zero-order valence-electron chi connectivity index (χ0n) is 11.8. The van der Waals surface area contributed by atoms with Gasteiger partial charge in [-0.25, -0.2) is 13.1 Å². The Balaban J connectivity index is 1.61. The number of thiophene rings is 1. The smallest absolute Gasteiger partial charge is 0.250 e. The van der Waals surface area contributed by atoms with Crippen molar-refractivity contribution >= 4 is 21.4 Å². The first-order chi connectivity index (χ1) is 9.53. The van der Waals surface area contributed by atoms with Gasteiger partial charge in [-0.05, 0) is 55.0 Å². The lowest BCUT2D eigenvalue weighted by molar-refractivity contribution is 0.540. The molecule has 2 unspecified atom stereocenters. The van der Waals surface area contributed by atoms with Crippen molar-refractivity contribution in [1.82, 2.24) is 10.0 Å². The first-order valence-electron chi connectivity index (χ1n) is 7.36. The maximum Gasteiger partial charge on any atom is 0.250 e. The van der Waals surface area contributed by atoms with Crippen molar-refractivity contribution in [2.75, 3.05) is 0 Å².